The van der Waals surface area contributed by atoms with Crippen LogP contribution in [0.3, 0.4) is 0 Å². The van der Waals surface area contributed by atoms with E-state index in [1.807, 2.05) is 19.2 Å². The first-order valence-electron chi connectivity index (χ1n) is 10.6. The molecule has 0 bridgehead atoms. The van der Waals surface area contributed by atoms with Gasteiger partial charge in [-0.15, -0.1) is 4.36 Å². The van der Waals surface area contributed by atoms with Crippen molar-refractivity contribution in [1.82, 2.24) is 0 Å². The lowest BCUT2D eigenvalue weighted by molar-refractivity contribution is 0.260. The maximum absolute atomic E-state index is 13.0. The highest BCUT2D eigenvalue weighted by Gasteiger charge is 2.25. The smallest absolute Gasteiger partial charge is 0.354 e. The van der Waals surface area contributed by atoms with Crippen LogP contribution in [0.25, 0.3) is 0 Å². The monoisotopic (exact) mass is 426 g/mol. The van der Waals surface area contributed by atoms with Crippen LogP contribution in [0.5, 0.6) is 0 Å². The van der Waals surface area contributed by atoms with E-state index >= 15 is 0 Å². The molecule has 2 amide bonds. The molecule has 0 saturated carbocycles. The lowest BCUT2D eigenvalue weighted by Gasteiger charge is -2.23. The average molecular weight is 427 g/mol. The number of hydrogen-bond acceptors (Lipinski definition) is 3. The molecule has 1 atom stereocenters. The van der Waals surface area contributed by atoms with E-state index in [1.165, 1.54) is 22.3 Å². The summed E-state index contributed by atoms with van der Waals surface area (Å²) in [5.74, 6) is 0. The van der Waals surface area contributed by atoms with Crippen molar-refractivity contribution in [2.24, 2.45) is 9.50 Å². The summed E-state index contributed by atoms with van der Waals surface area (Å²) in [4.78, 5) is 15.2. The Balaban J connectivity index is 1.60. The lowest BCUT2D eigenvalue weighted by atomic mass is 9.99. The maximum Gasteiger partial charge on any atom is 0.354 e. The summed E-state index contributed by atoms with van der Waals surface area (Å²) in [7, 11) is -1.33. The molecule has 0 aliphatic heterocycles. The number of nitrogens with two attached hydrogens (primary N) is 1. The second-order valence-corrected chi connectivity index (χ2v) is 10.3. The molecule has 4 rings (SSSR count). The van der Waals surface area contributed by atoms with Crippen molar-refractivity contribution in [2.75, 3.05) is 17.3 Å². The largest absolute Gasteiger partial charge is 0.372 e. The van der Waals surface area contributed by atoms with Gasteiger partial charge in [0.25, 0.3) is 0 Å². The molecule has 2 aromatic rings. The van der Waals surface area contributed by atoms with E-state index in [9.17, 15) is 9.00 Å². The minimum Gasteiger partial charge on any atom is -0.372 e. The van der Waals surface area contributed by atoms with Crippen LogP contribution in [0.4, 0.5) is 16.2 Å². The molecule has 6 nitrogen and oxygen atoms in total. The molecule has 2 aromatic carbocycles. The maximum atomic E-state index is 13.0. The Morgan fingerprint density at radius 1 is 1.07 bits per heavy atom. The van der Waals surface area contributed by atoms with Crippen LogP contribution in [0.2, 0.25) is 0 Å². The summed E-state index contributed by atoms with van der Waals surface area (Å²) < 4.78 is 16.9. The first-order chi connectivity index (χ1) is 14.3. The number of carbonyl (C=O) groups is 1. The fraction of sp³-hybridized carbons (Fsp3) is 0.435. The Kier molecular flexibility index (Phi) is 5.59. The molecule has 7 heteroatoms. The third kappa shape index (κ3) is 3.96. The summed E-state index contributed by atoms with van der Waals surface area (Å²) in [6.07, 6.45) is 6.22. The van der Waals surface area contributed by atoms with Gasteiger partial charge in [0.1, 0.15) is 9.92 Å². The number of hydrogen-bond donors (Lipinski definition) is 2. The summed E-state index contributed by atoms with van der Waals surface area (Å²) in [6.45, 7) is 4.19. The van der Waals surface area contributed by atoms with Gasteiger partial charge in [-0.2, -0.15) is 0 Å². The molecule has 0 fully saturated rings. The van der Waals surface area contributed by atoms with Crippen LogP contribution < -0.4 is 15.4 Å². The SMILES string of the molecule is CC(C)N(C)c1ccc([S@](N)(=O)=NC(=O)Nc2c3c(cc4c2CCC4)CCC3)cc1. The highest BCUT2D eigenvalue weighted by molar-refractivity contribution is 7.91. The first kappa shape index (κ1) is 20.9. The quantitative estimate of drug-likeness (QED) is 0.757. The molecule has 2 aliphatic carbocycles. The zero-order valence-electron chi connectivity index (χ0n) is 17.9. The van der Waals surface area contributed by atoms with Crippen molar-refractivity contribution in [1.29, 1.82) is 0 Å². The van der Waals surface area contributed by atoms with Crippen molar-refractivity contribution in [3.8, 4) is 0 Å². The van der Waals surface area contributed by atoms with Gasteiger partial charge in [-0.3, -0.25) is 0 Å². The van der Waals surface area contributed by atoms with E-state index in [4.69, 9.17) is 5.14 Å². The Morgan fingerprint density at radius 3 is 2.17 bits per heavy atom. The van der Waals surface area contributed by atoms with Gasteiger partial charge in [0, 0.05) is 24.5 Å². The first-order valence-corrected chi connectivity index (χ1v) is 12.2. The Morgan fingerprint density at radius 2 is 1.63 bits per heavy atom. The second kappa shape index (κ2) is 8.04. The zero-order chi connectivity index (χ0) is 21.5. The number of fused-ring (bicyclic) bond motifs is 2. The van der Waals surface area contributed by atoms with Crippen molar-refractivity contribution >= 4 is 27.3 Å². The van der Waals surface area contributed by atoms with Crippen molar-refractivity contribution in [3.63, 3.8) is 0 Å². The molecule has 0 spiro atoms. The Bertz CT molecular complexity index is 1070. The number of anilines is 2. The standard InChI is InChI=1S/C23H30N4O2S/c1-15(2)27(3)18-10-12-19(13-11-18)30(24,29)26-23(28)25-22-20-8-4-6-16(20)14-17-7-5-9-21(17)22/h10-15H,4-9H2,1-3H3,(H3,24,25,26,28,29)/t30-/m1/s1. The molecular formula is C23H30N4O2S. The van der Waals surface area contributed by atoms with Crippen LogP contribution in [0.15, 0.2) is 39.6 Å². The molecular weight excluding hydrogens is 396 g/mol. The van der Waals surface area contributed by atoms with Crippen LogP contribution in [-0.2, 0) is 35.6 Å². The highest BCUT2D eigenvalue weighted by atomic mass is 32.2. The van der Waals surface area contributed by atoms with Crippen LogP contribution in [0, 0.1) is 0 Å². The van der Waals surface area contributed by atoms with Gasteiger partial charge in [0.15, 0.2) is 0 Å². The van der Waals surface area contributed by atoms with Crippen molar-refractivity contribution < 1.29 is 9.00 Å². The van der Waals surface area contributed by atoms with Gasteiger partial charge in [0.2, 0.25) is 0 Å². The minimum atomic E-state index is -3.33. The number of amides is 2. The molecule has 160 valence electrons. The number of aryl methyl sites for hydroxylation is 2. The van der Waals surface area contributed by atoms with E-state index in [0.29, 0.717) is 10.9 Å². The van der Waals surface area contributed by atoms with E-state index in [-0.39, 0.29) is 0 Å². The molecule has 30 heavy (non-hydrogen) atoms. The lowest BCUT2D eigenvalue weighted by Crippen LogP contribution is -2.25. The van der Waals surface area contributed by atoms with E-state index in [0.717, 1.165) is 49.9 Å². The van der Waals surface area contributed by atoms with Crippen molar-refractivity contribution in [2.45, 2.75) is 63.3 Å². The van der Waals surface area contributed by atoms with Gasteiger partial charge in [-0.1, -0.05) is 6.07 Å². The predicted molar refractivity (Wildman–Crippen MR) is 123 cm³/mol. The van der Waals surface area contributed by atoms with Crippen LogP contribution >= 0.6 is 0 Å². The van der Waals surface area contributed by atoms with Crippen LogP contribution in [0.1, 0.15) is 48.9 Å². The normalized spacial score (nSPS) is 16.7. The third-order valence-electron chi connectivity index (χ3n) is 6.28. The number of benzene rings is 2. The fourth-order valence-electron chi connectivity index (χ4n) is 4.45. The number of carbonyl (C=O) groups excluding carboxylic acids is 1. The summed E-state index contributed by atoms with van der Waals surface area (Å²) in [5.41, 5.74) is 6.94. The summed E-state index contributed by atoms with van der Waals surface area (Å²) >= 11 is 0. The molecule has 0 aromatic heterocycles. The van der Waals surface area contributed by atoms with E-state index < -0.39 is 15.9 Å². The van der Waals surface area contributed by atoms with Gasteiger partial charge in [-0.25, -0.2) is 14.1 Å². The average Bonchev–Trinajstić information content (AvgIpc) is 3.36. The number of nitrogens with one attached hydrogen (secondary N) is 1. The number of rotatable bonds is 4. The molecule has 0 radical (unpaired) electrons. The molecule has 0 unspecified atom stereocenters. The molecule has 0 saturated heterocycles. The second-order valence-electron chi connectivity index (χ2n) is 8.52. The topological polar surface area (TPSA) is 87.8 Å². The molecule has 3 N–H and O–H groups in total. The number of urea groups is 1. The fourth-order valence-corrected chi connectivity index (χ4v) is 5.37. The molecule has 0 heterocycles. The van der Waals surface area contributed by atoms with Crippen molar-refractivity contribution in [3.05, 3.63) is 52.6 Å². The third-order valence-corrected chi connectivity index (χ3v) is 7.66. The summed E-state index contributed by atoms with van der Waals surface area (Å²) in [5, 5.41) is 8.93. The van der Waals surface area contributed by atoms with E-state index in [2.05, 4.69) is 34.5 Å². The van der Waals surface area contributed by atoms with E-state index in [1.54, 1.807) is 12.1 Å². The van der Waals surface area contributed by atoms with Crippen LogP contribution in [-0.4, -0.2) is 23.3 Å². The van der Waals surface area contributed by atoms with Gasteiger partial charge >= 0.3 is 6.03 Å². The van der Waals surface area contributed by atoms with Gasteiger partial charge in [-0.05, 0) is 98.9 Å². The predicted octanol–water partition coefficient (Wildman–Crippen LogP) is 4.44. The Labute approximate surface area is 179 Å². The van der Waals surface area contributed by atoms with Gasteiger partial charge < -0.3 is 10.2 Å². The van der Waals surface area contributed by atoms with Gasteiger partial charge in [0.05, 0.1) is 4.90 Å². The zero-order valence-corrected chi connectivity index (χ0v) is 18.7. The molecule has 2 aliphatic rings. The number of nitrogens with zero attached hydrogens (tertiary/aromatic N) is 2. The Hall–Kier alpha value is -2.38. The summed E-state index contributed by atoms with van der Waals surface area (Å²) in [6, 6.07) is 9.08. The highest BCUT2D eigenvalue weighted by Crippen LogP contribution is 2.38. The minimum absolute atomic E-state index is 0.336.